The van der Waals surface area contributed by atoms with Crippen LogP contribution in [0, 0.1) is 6.92 Å². The summed E-state index contributed by atoms with van der Waals surface area (Å²) in [4.78, 5) is 4.73. The molecule has 2 aromatic carbocycles. The lowest BCUT2D eigenvalue weighted by atomic mass is 10.1. The second-order valence-corrected chi connectivity index (χ2v) is 5.52. The first-order chi connectivity index (χ1) is 9.13. The molecule has 94 valence electrons. The van der Waals surface area contributed by atoms with Crippen molar-refractivity contribution in [2.24, 2.45) is 0 Å². The van der Waals surface area contributed by atoms with E-state index in [1.54, 1.807) is 0 Å². The fourth-order valence-corrected chi connectivity index (χ4v) is 2.53. The van der Waals surface area contributed by atoms with E-state index in [-0.39, 0.29) is 0 Å². The minimum Gasteiger partial charge on any atom is -0.399 e. The minimum absolute atomic E-state index is 0.768. The molecule has 2 N–H and O–H groups in total. The van der Waals surface area contributed by atoms with E-state index in [4.69, 9.17) is 10.7 Å². The highest BCUT2D eigenvalue weighted by atomic mass is 79.9. The van der Waals surface area contributed by atoms with Crippen molar-refractivity contribution in [3.8, 4) is 11.3 Å². The maximum absolute atomic E-state index is 5.72. The lowest BCUT2D eigenvalue weighted by molar-refractivity contribution is 1.36. The fourth-order valence-electron chi connectivity index (χ4n) is 2.18. The van der Waals surface area contributed by atoms with Crippen LogP contribution in [0.2, 0.25) is 0 Å². The molecule has 3 aromatic rings. The third kappa shape index (κ3) is 2.34. The molecule has 0 bridgehead atoms. The van der Waals surface area contributed by atoms with Crippen LogP contribution in [0.1, 0.15) is 5.56 Å². The first-order valence-electron chi connectivity index (χ1n) is 6.06. The zero-order valence-corrected chi connectivity index (χ0v) is 12.1. The van der Waals surface area contributed by atoms with Crippen LogP contribution in [0.15, 0.2) is 53.0 Å². The first-order valence-corrected chi connectivity index (χ1v) is 6.85. The Morgan fingerprint density at radius 3 is 2.47 bits per heavy atom. The number of hydrogen-bond acceptors (Lipinski definition) is 2. The van der Waals surface area contributed by atoms with Gasteiger partial charge in [0.2, 0.25) is 0 Å². The Hall–Kier alpha value is -1.87. The van der Waals surface area contributed by atoms with Gasteiger partial charge in [-0.3, -0.25) is 0 Å². The fraction of sp³-hybridized carbons (Fsp3) is 0.0625. The standard InChI is InChI=1S/C16H13BrN2/c1-10-8-15(11-2-5-13(18)6-3-11)19-16-9-12(17)4-7-14(10)16/h2-9H,18H2,1H3. The van der Waals surface area contributed by atoms with Gasteiger partial charge < -0.3 is 5.73 Å². The van der Waals surface area contributed by atoms with Gasteiger partial charge in [-0.25, -0.2) is 4.98 Å². The number of rotatable bonds is 1. The number of halogens is 1. The highest BCUT2D eigenvalue weighted by molar-refractivity contribution is 9.10. The second-order valence-electron chi connectivity index (χ2n) is 4.61. The number of hydrogen-bond donors (Lipinski definition) is 1. The van der Waals surface area contributed by atoms with E-state index < -0.39 is 0 Å². The summed E-state index contributed by atoms with van der Waals surface area (Å²) < 4.78 is 1.04. The van der Waals surface area contributed by atoms with Gasteiger partial charge in [0.1, 0.15) is 0 Å². The number of nitrogen functional groups attached to an aromatic ring is 1. The number of fused-ring (bicyclic) bond motifs is 1. The predicted octanol–water partition coefficient (Wildman–Crippen LogP) is 4.55. The summed E-state index contributed by atoms with van der Waals surface area (Å²) >= 11 is 3.49. The second kappa shape index (κ2) is 4.67. The van der Waals surface area contributed by atoms with Crippen LogP contribution in [-0.4, -0.2) is 4.98 Å². The van der Waals surface area contributed by atoms with E-state index in [2.05, 4.69) is 35.0 Å². The van der Waals surface area contributed by atoms with Gasteiger partial charge in [-0.15, -0.1) is 0 Å². The van der Waals surface area contributed by atoms with Crippen molar-refractivity contribution in [3.05, 3.63) is 58.6 Å². The van der Waals surface area contributed by atoms with Crippen LogP contribution in [-0.2, 0) is 0 Å². The molecular weight excluding hydrogens is 300 g/mol. The van der Waals surface area contributed by atoms with Gasteiger partial charge in [0.05, 0.1) is 11.2 Å². The van der Waals surface area contributed by atoms with Gasteiger partial charge in [0.15, 0.2) is 0 Å². The molecule has 2 nitrogen and oxygen atoms in total. The van der Waals surface area contributed by atoms with Gasteiger partial charge >= 0.3 is 0 Å². The first kappa shape index (κ1) is 12.2. The minimum atomic E-state index is 0.768. The molecule has 0 aliphatic rings. The monoisotopic (exact) mass is 312 g/mol. The van der Waals surface area contributed by atoms with Crippen LogP contribution in [0.4, 0.5) is 5.69 Å². The molecule has 0 amide bonds. The SMILES string of the molecule is Cc1cc(-c2ccc(N)cc2)nc2cc(Br)ccc12. The third-order valence-electron chi connectivity index (χ3n) is 3.19. The molecule has 0 aliphatic heterocycles. The van der Waals surface area contributed by atoms with Crippen LogP contribution in [0.25, 0.3) is 22.2 Å². The number of pyridine rings is 1. The number of aromatic nitrogens is 1. The van der Waals surface area contributed by atoms with Crippen molar-refractivity contribution >= 4 is 32.5 Å². The van der Waals surface area contributed by atoms with Crippen molar-refractivity contribution < 1.29 is 0 Å². The molecule has 0 aliphatic carbocycles. The van der Waals surface area contributed by atoms with Crippen molar-refractivity contribution in [2.75, 3.05) is 5.73 Å². The number of anilines is 1. The van der Waals surface area contributed by atoms with Gasteiger partial charge in [0.25, 0.3) is 0 Å². The molecule has 0 atom stereocenters. The molecule has 0 fully saturated rings. The highest BCUT2D eigenvalue weighted by Gasteiger charge is 2.05. The number of nitrogens with two attached hydrogens (primary N) is 1. The van der Waals surface area contributed by atoms with Crippen molar-refractivity contribution in [1.29, 1.82) is 0 Å². The quantitative estimate of drug-likeness (QED) is 0.669. The number of benzene rings is 2. The highest BCUT2D eigenvalue weighted by Crippen LogP contribution is 2.26. The van der Waals surface area contributed by atoms with Crippen LogP contribution in [0.5, 0.6) is 0 Å². The van der Waals surface area contributed by atoms with Crippen LogP contribution in [0.3, 0.4) is 0 Å². The molecule has 1 aromatic heterocycles. The Morgan fingerprint density at radius 2 is 1.74 bits per heavy atom. The van der Waals surface area contributed by atoms with E-state index in [1.165, 1.54) is 10.9 Å². The average molecular weight is 313 g/mol. The predicted molar refractivity (Wildman–Crippen MR) is 84.0 cm³/mol. The van der Waals surface area contributed by atoms with Crippen molar-refractivity contribution in [2.45, 2.75) is 6.92 Å². The van der Waals surface area contributed by atoms with Crippen molar-refractivity contribution in [1.82, 2.24) is 4.98 Å². The van der Waals surface area contributed by atoms with Crippen molar-refractivity contribution in [3.63, 3.8) is 0 Å². The molecule has 0 saturated heterocycles. The molecule has 0 spiro atoms. The maximum atomic E-state index is 5.72. The summed E-state index contributed by atoms with van der Waals surface area (Å²) in [5.41, 5.74) is 10.8. The molecule has 0 unspecified atom stereocenters. The smallest absolute Gasteiger partial charge is 0.0723 e. The Morgan fingerprint density at radius 1 is 1.00 bits per heavy atom. The Bertz CT molecular complexity index is 749. The summed E-state index contributed by atoms with van der Waals surface area (Å²) in [7, 11) is 0. The van der Waals surface area contributed by atoms with E-state index >= 15 is 0 Å². The van der Waals surface area contributed by atoms with Crippen LogP contribution < -0.4 is 5.73 Å². The molecule has 0 saturated carbocycles. The molecule has 19 heavy (non-hydrogen) atoms. The molecule has 3 rings (SSSR count). The van der Waals surface area contributed by atoms with Gasteiger partial charge in [-0.05, 0) is 42.8 Å². The van der Waals surface area contributed by atoms with Gasteiger partial charge in [-0.1, -0.05) is 34.1 Å². The lowest BCUT2D eigenvalue weighted by Crippen LogP contribution is -1.90. The normalized spacial score (nSPS) is 10.8. The summed E-state index contributed by atoms with van der Waals surface area (Å²) in [6.45, 7) is 2.11. The zero-order valence-electron chi connectivity index (χ0n) is 10.5. The van der Waals surface area contributed by atoms with E-state index in [9.17, 15) is 0 Å². The third-order valence-corrected chi connectivity index (χ3v) is 3.68. The summed E-state index contributed by atoms with van der Waals surface area (Å²) in [5.74, 6) is 0. The van der Waals surface area contributed by atoms with Crippen LogP contribution >= 0.6 is 15.9 Å². The Balaban J connectivity index is 2.22. The lowest BCUT2D eigenvalue weighted by Gasteiger charge is -2.07. The number of nitrogens with zero attached hydrogens (tertiary/aromatic N) is 1. The molecule has 1 heterocycles. The van der Waals surface area contributed by atoms with E-state index in [0.29, 0.717) is 0 Å². The molecular formula is C16H13BrN2. The zero-order chi connectivity index (χ0) is 13.4. The molecule has 0 radical (unpaired) electrons. The topological polar surface area (TPSA) is 38.9 Å². The largest absolute Gasteiger partial charge is 0.399 e. The molecule has 3 heteroatoms. The van der Waals surface area contributed by atoms with Gasteiger partial charge in [-0.2, -0.15) is 0 Å². The Kier molecular flexibility index (Phi) is 2.99. The number of aryl methyl sites for hydroxylation is 1. The van der Waals surface area contributed by atoms with Gasteiger partial charge in [0, 0.05) is 21.1 Å². The Labute approximate surface area is 120 Å². The van der Waals surface area contributed by atoms with E-state index in [0.717, 1.165) is 26.9 Å². The maximum Gasteiger partial charge on any atom is 0.0723 e. The average Bonchev–Trinajstić information content (AvgIpc) is 2.38. The summed E-state index contributed by atoms with van der Waals surface area (Å²) in [6.07, 6.45) is 0. The summed E-state index contributed by atoms with van der Waals surface area (Å²) in [6, 6.07) is 16.1. The summed E-state index contributed by atoms with van der Waals surface area (Å²) in [5, 5.41) is 1.18. The van der Waals surface area contributed by atoms with E-state index in [1.807, 2.05) is 36.4 Å².